The van der Waals surface area contributed by atoms with Gasteiger partial charge in [-0.3, -0.25) is 0 Å². The number of sulfonamides is 1. The van der Waals surface area contributed by atoms with Gasteiger partial charge < -0.3 is 11.1 Å². The lowest BCUT2D eigenvalue weighted by Gasteiger charge is -2.14. The number of nitrogens with one attached hydrogen (secondary N) is 1. The molecule has 0 aromatic heterocycles. The summed E-state index contributed by atoms with van der Waals surface area (Å²) in [7, 11) is -0.540. The number of nitrogen functional groups attached to an aromatic ring is 1. The van der Waals surface area contributed by atoms with E-state index >= 15 is 0 Å². The number of hydrogen-bond acceptors (Lipinski definition) is 4. The van der Waals surface area contributed by atoms with Gasteiger partial charge in [0.1, 0.15) is 0 Å². The molecule has 3 N–H and O–H groups in total. The lowest BCUT2D eigenvalue weighted by molar-refractivity contribution is 0.521. The molecule has 21 heavy (non-hydrogen) atoms. The van der Waals surface area contributed by atoms with Crippen molar-refractivity contribution in [2.45, 2.75) is 4.90 Å². The van der Waals surface area contributed by atoms with Crippen LogP contribution in [0.1, 0.15) is 0 Å². The van der Waals surface area contributed by atoms with Crippen LogP contribution in [0.5, 0.6) is 0 Å². The van der Waals surface area contributed by atoms with Gasteiger partial charge in [-0.1, -0.05) is 17.7 Å². The molecular weight excluding hydrogens is 310 g/mol. The average Bonchev–Trinajstić information content (AvgIpc) is 2.41. The Labute approximate surface area is 129 Å². The summed E-state index contributed by atoms with van der Waals surface area (Å²) in [4.78, 5) is 0.154. The van der Waals surface area contributed by atoms with Crippen molar-refractivity contribution in [2.75, 3.05) is 25.1 Å². The number of rotatable bonds is 4. The smallest absolute Gasteiger partial charge is 0.242 e. The van der Waals surface area contributed by atoms with E-state index in [2.05, 4.69) is 5.32 Å². The van der Waals surface area contributed by atoms with E-state index in [9.17, 15) is 8.42 Å². The highest BCUT2D eigenvalue weighted by Crippen LogP contribution is 2.27. The molecule has 0 saturated heterocycles. The van der Waals surface area contributed by atoms with Crippen molar-refractivity contribution in [1.82, 2.24) is 4.31 Å². The van der Waals surface area contributed by atoms with Gasteiger partial charge in [-0.25, -0.2) is 12.7 Å². The summed E-state index contributed by atoms with van der Waals surface area (Å²) >= 11 is 5.91. The van der Waals surface area contributed by atoms with Crippen LogP contribution in [0.2, 0.25) is 5.02 Å². The van der Waals surface area contributed by atoms with E-state index in [-0.39, 0.29) is 4.90 Å². The van der Waals surface area contributed by atoms with Crippen molar-refractivity contribution in [3.63, 3.8) is 0 Å². The summed E-state index contributed by atoms with van der Waals surface area (Å²) in [6, 6.07) is 11.8. The molecule has 0 unspecified atom stereocenters. The fraction of sp³-hybridized carbons (Fsp3) is 0.143. The molecule has 112 valence electrons. The molecule has 2 rings (SSSR count). The first kappa shape index (κ1) is 15.6. The zero-order chi connectivity index (χ0) is 15.6. The predicted octanol–water partition coefficient (Wildman–Crippen LogP) is 2.92. The quantitative estimate of drug-likeness (QED) is 0.847. The molecule has 0 saturated carbocycles. The van der Waals surface area contributed by atoms with E-state index in [1.807, 2.05) is 12.1 Å². The Morgan fingerprint density at radius 2 is 1.86 bits per heavy atom. The molecular formula is C14H16ClN3O2S. The van der Waals surface area contributed by atoms with Gasteiger partial charge in [0.2, 0.25) is 10.0 Å². The molecule has 0 aliphatic heterocycles. The molecule has 0 radical (unpaired) electrons. The molecule has 0 aliphatic carbocycles. The Bertz CT molecular complexity index is 761. The number of halogens is 1. The van der Waals surface area contributed by atoms with Gasteiger partial charge in [-0.2, -0.15) is 0 Å². The van der Waals surface area contributed by atoms with Gasteiger partial charge in [0.05, 0.1) is 16.3 Å². The second-order valence-corrected chi connectivity index (χ2v) is 7.26. The van der Waals surface area contributed by atoms with Crippen LogP contribution in [-0.2, 0) is 10.0 Å². The normalized spacial score (nSPS) is 11.6. The summed E-state index contributed by atoms with van der Waals surface area (Å²) in [6.07, 6.45) is 0. The molecule has 0 atom stereocenters. The van der Waals surface area contributed by atoms with Gasteiger partial charge in [0, 0.05) is 24.8 Å². The fourth-order valence-electron chi connectivity index (χ4n) is 1.75. The van der Waals surface area contributed by atoms with Gasteiger partial charge in [0.15, 0.2) is 0 Å². The van der Waals surface area contributed by atoms with E-state index in [1.165, 1.54) is 26.2 Å². The first-order valence-corrected chi connectivity index (χ1v) is 7.97. The highest BCUT2D eigenvalue weighted by atomic mass is 35.5. The Morgan fingerprint density at radius 1 is 1.14 bits per heavy atom. The molecule has 2 aromatic carbocycles. The molecule has 0 fully saturated rings. The van der Waals surface area contributed by atoms with E-state index < -0.39 is 10.0 Å². The highest BCUT2D eigenvalue weighted by molar-refractivity contribution is 7.89. The summed E-state index contributed by atoms with van der Waals surface area (Å²) < 4.78 is 25.2. The summed E-state index contributed by atoms with van der Waals surface area (Å²) in [5, 5.41) is 3.71. The molecule has 0 aliphatic rings. The summed E-state index contributed by atoms with van der Waals surface area (Å²) in [5.41, 5.74) is 7.67. The highest BCUT2D eigenvalue weighted by Gasteiger charge is 2.18. The first-order chi connectivity index (χ1) is 9.80. The van der Waals surface area contributed by atoms with Crippen LogP contribution in [0, 0.1) is 0 Å². The number of nitrogens with two attached hydrogens (primary N) is 1. The zero-order valence-electron chi connectivity index (χ0n) is 11.7. The lowest BCUT2D eigenvalue weighted by Crippen LogP contribution is -2.22. The van der Waals surface area contributed by atoms with Crippen molar-refractivity contribution < 1.29 is 8.42 Å². The zero-order valence-corrected chi connectivity index (χ0v) is 13.2. The molecule has 0 amide bonds. The van der Waals surface area contributed by atoms with Crippen LogP contribution in [0.25, 0.3) is 0 Å². The molecule has 5 nitrogen and oxygen atoms in total. The van der Waals surface area contributed by atoms with Crippen LogP contribution in [0.15, 0.2) is 47.4 Å². The first-order valence-electron chi connectivity index (χ1n) is 6.15. The van der Waals surface area contributed by atoms with Crippen molar-refractivity contribution >= 4 is 38.7 Å². The van der Waals surface area contributed by atoms with Crippen molar-refractivity contribution in [3.8, 4) is 0 Å². The Hall–Kier alpha value is -1.76. The largest absolute Gasteiger partial charge is 0.397 e. The van der Waals surface area contributed by atoms with Gasteiger partial charge in [-0.15, -0.1) is 0 Å². The van der Waals surface area contributed by atoms with Gasteiger partial charge in [0.25, 0.3) is 0 Å². The third kappa shape index (κ3) is 3.47. The SMILES string of the molecule is CN(C)S(=O)(=O)c1ccc(Nc2cccc(Cl)c2)c(N)c1. The second-order valence-electron chi connectivity index (χ2n) is 4.67. The van der Waals surface area contributed by atoms with Crippen molar-refractivity contribution in [1.29, 1.82) is 0 Å². The van der Waals surface area contributed by atoms with E-state index in [0.717, 1.165) is 9.99 Å². The minimum Gasteiger partial charge on any atom is -0.397 e. The Kier molecular flexibility index (Phi) is 4.41. The van der Waals surface area contributed by atoms with Crippen LogP contribution in [0.3, 0.4) is 0 Å². The molecule has 0 heterocycles. The summed E-state index contributed by atoms with van der Waals surface area (Å²) in [6.45, 7) is 0. The monoisotopic (exact) mass is 325 g/mol. The van der Waals surface area contributed by atoms with E-state index in [1.54, 1.807) is 18.2 Å². The Morgan fingerprint density at radius 3 is 2.43 bits per heavy atom. The minimum absolute atomic E-state index is 0.154. The standard InChI is InChI=1S/C14H16ClN3O2S/c1-18(2)21(19,20)12-6-7-14(13(16)9-12)17-11-5-3-4-10(15)8-11/h3-9,17H,16H2,1-2H3. The Balaban J connectivity index is 2.32. The fourth-order valence-corrected chi connectivity index (χ4v) is 2.88. The third-order valence-corrected chi connectivity index (χ3v) is 4.95. The average molecular weight is 326 g/mol. The molecule has 2 aromatic rings. The molecule has 0 bridgehead atoms. The summed E-state index contributed by atoms with van der Waals surface area (Å²) in [5.74, 6) is 0. The van der Waals surface area contributed by atoms with E-state index in [4.69, 9.17) is 17.3 Å². The third-order valence-electron chi connectivity index (χ3n) is 2.91. The maximum Gasteiger partial charge on any atom is 0.242 e. The maximum absolute atomic E-state index is 12.0. The number of anilines is 3. The molecule has 7 heteroatoms. The van der Waals surface area contributed by atoms with Gasteiger partial charge in [-0.05, 0) is 36.4 Å². The predicted molar refractivity (Wildman–Crippen MR) is 86.5 cm³/mol. The van der Waals surface area contributed by atoms with Crippen LogP contribution < -0.4 is 11.1 Å². The maximum atomic E-state index is 12.0. The van der Waals surface area contributed by atoms with Crippen LogP contribution >= 0.6 is 11.6 Å². The second kappa shape index (κ2) is 5.93. The topological polar surface area (TPSA) is 75.4 Å². The van der Waals surface area contributed by atoms with Crippen molar-refractivity contribution in [3.05, 3.63) is 47.5 Å². The molecule has 0 spiro atoms. The lowest BCUT2D eigenvalue weighted by atomic mass is 10.2. The van der Waals surface area contributed by atoms with Crippen molar-refractivity contribution in [2.24, 2.45) is 0 Å². The van der Waals surface area contributed by atoms with E-state index in [0.29, 0.717) is 16.4 Å². The van der Waals surface area contributed by atoms with Gasteiger partial charge >= 0.3 is 0 Å². The minimum atomic E-state index is -3.49. The number of hydrogen-bond donors (Lipinski definition) is 2. The number of nitrogens with zero attached hydrogens (tertiary/aromatic N) is 1. The van der Waals surface area contributed by atoms with Crippen LogP contribution in [-0.4, -0.2) is 26.8 Å². The number of benzene rings is 2. The van der Waals surface area contributed by atoms with Crippen LogP contribution in [0.4, 0.5) is 17.1 Å².